The van der Waals surface area contributed by atoms with Gasteiger partial charge in [0, 0.05) is 6.61 Å². The van der Waals surface area contributed by atoms with Crippen LogP contribution in [-0.2, 0) is 4.74 Å². The molecule has 0 radical (unpaired) electrons. The van der Waals surface area contributed by atoms with E-state index in [4.69, 9.17) is 4.74 Å². The molecule has 0 heterocycles. The van der Waals surface area contributed by atoms with Crippen LogP contribution in [0.1, 0.15) is 97.3 Å². The van der Waals surface area contributed by atoms with E-state index in [0.29, 0.717) is 6.10 Å². The van der Waals surface area contributed by atoms with Gasteiger partial charge in [-0.1, -0.05) is 52.4 Å². The molecular formula is C20H38O. The number of hydrogen-bond acceptors (Lipinski definition) is 1. The lowest BCUT2D eigenvalue weighted by Crippen LogP contribution is -2.28. The van der Waals surface area contributed by atoms with Crippen LogP contribution >= 0.6 is 0 Å². The zero-order chi connectivity index (χ0) is 14.9. The number of ether oxygens (including phenoxy) is 1. The summed E-state index contributed by atoms with van der Waals surface area (Å²) in [5.41, 5.74) is 0. The summed E-state index contributed by atoms with van der Waals surface area (Å²) < 4.78 is 6.10. The van der Waals surface area contributed by atoms with Crippen LogP contribution in [0.25, 0.3) is 0 Å². The lowest BCUT2D eigenvalue weighted by Gasteiger charge is -2.37. The third-order valence-corrected chi connectivity index (χ3v) is 6.21. The fourth-order valence-electron chi connectivity index (χ4n) is 4.57. The first-order valence-corrected chi connectivity index (χ1v) is 9.95. The highest BCUT2D eigenvalue weighted by molar-refractivity contribution is 4.82. The van der Waals surface area contributed by atoms with Crippen molar-refractivity contribution < 1.29 is 4.74 Å². The predicted octanol–water partition coefficient (Wildman–Crippen LogP) is 6.36. The summed E-state index contributed by atoms with van der Waals surface area (Å²) in [4.78, 5) is 0. The minimum Gasteiger partial charge on any atom is -0.378 e. The highest BCUT2D eigenvalue weighted by atomic mass is 16.5. The smallest absolute Gasteiger partial charge is 0.0575 e. The second-order valence-electron chi connectivity index (χ2n) is 7.66. The molecule has 0 spiro atoms. The Kier molecular flexibility index (Phi) is 8.14. The van der Waals surface area contributed by atoms with Gasteiger partial charge in [0.05, 0.1) is 6.10 Å². The second-order valence-corrected chi connectivity index (χ2v) is 7.66. The van der Waals surface area contributed by atoms with Crippen molar-refractivity contribution in [3.63, 3.8) is 0 Å². The van der Waals surface area contributed by atoms with E-state index in [0.717, 1.165) is 24.4 Å². The maximum absolute atomic E-state index is 6.10. The first-order chi connectivity index (χ1) is 10.3. The van der Waals surface area contributed by atoms with Crippen LogP contribution in [0.3, 0.4) is 0 Å². The highest BCUT2D eigenvalue weighted by Crippen LogP contribution is 2.41. The van der Waals surface area contributed by atoms with Crippen molar-refractivity contribution in [2.45, 2.75) is 103 Å². The van der Waals surface area contributed by atoms with Gasteiger partial charge in [-0.2, -0.15) is 0 Å². The Balaban J connectivity index is 1.56. The van der Waals surface area contributed by atoms with Gasteiger partial charge in [-0.05, 0) is 62.7 Å². The molecule has 0 aromatic rings. The molecular weight excluding hydrogens is 256 g/mol. The Morgan fingerprint density at radius 2 is 1.33 bits per heavy atom. The lowest BCUT2D eigenvalue weighted by atomic mass is 9.70. The Hall–Kier alpha value is -0.0400. The number of hydrogen-bond donors (Lipinski definition) is 0. The normalized spacial score (nSPS) is 34.0. The summed E-state index contributed by atoms with van der Waals surface area (Å²) in [6.45, 7) is 5.65. The summed E-state index contributed by atoms with van der Waals surface area (Å²) >= 11 is 0. The highest BCUT2D eigenvalue weighted by Gasteiger charge is 2.30. The van der Waals surface area contributed by atoms with Crippen molar-refractivity contribution in [2.24, 2.45) is 17.8 Å². The van der Waals surface area contributed by atoms with Crippen LogP contribution in [0.5, 0.6) is 0 Å². The molecule has 2 aliphatic rings. The van der Waals surface area contributed by atoms with Crippen molar-refractivity contribution in [1.82, 2.24) is 0 Å². The molecule has 2 saturated carbocycles. The Morgan fingerprint density at radius 1 is 0.714 bits per heavy atom. The number of rotatable bonds is 8. The quantitative estimate of drug-likeness (QED) is 0.473. The monoisotopic (exact) mass is 294 g/mol. The zero-order valence-corrected chi connectivity index (χ0v) is 14.6. The molecule has 1 nitrogen and oxygen atoms in total. The molecule has 124 valence electrons. The topological polar surface area (TPSA) is 9.23 Å². The van der Waals surface area contributed by atoms with Crippen molar-refractivity contribution in [3.05, 3.63) is 0 Å². The van der Waals surface area contributed by atoms with Crippen LogP contribution in [-0.4, -0.2) is 12.7 Å². The van der Waals surface area contributed by atoms with Crippen molar-refractivity contribution in [3.8, 4) is 0 Å². The zero-order valence-electron chi connectivity index (χ0n) is 14.6. The van der Waals surface area contributed by atoms with E-state index in [9.17, 15) is 0 Å². The van der Waals surface area contributed by atoms with Gasteiger partial charge in [0.15, 0.2) is 0 Å². The first-order valence-electron chi connectivity index (χ1n) is 9.95. The van der Waals surface area contributed by atoms with E-state index in [-0.39, 0.29) is 0 Å². The van der Waals surface area contributed by atoms with E-state index < -0.39 is 0 Å². The van der Waals surface area contributed by atoms with Crippen LogP contribution in [0.15, 0.2) is 0 Å². The van der Waals surface area contributed by atoms with E-state index in [1.54, 1.807) is 0 Å². The van der Waals surface area contributed by atoms with Crippen molar-refractivity contribution in [2.75, 3.05) is 6.61 Å². The Morgan fingerprint density at radius 3 is 1.90 bits per heavy atom. The molecule has 0 aliphatic heterocycles. The predicted molar refractivity (Wildman–Crippen MR) is 91.6 cm³/mol. The summed E-state index contributed by atoms with van der Waals surface area (Å²) in [5.74, 6) is 3.13. The fourth-order valence-corrected chi connectivity index (χ4v) is 4.57. The molecule has 0 N–H and O–H groups in total. The standard InChI is InChI=1S/C20H38O/c1-3-5-6-7-16-21-20-14-12-19(13-15-20)18-10-8-17(4-2)9-11-18/h17-20H,3-16H2,1-2H3/t17-,18-,19-,20-. The van der Waals surface area contributed by atoms with E-state index in [1.165, 1.54) is 83.5 Å². The maximum atomic E-state index is 6.10. The SMILES string of the molecule is CCCCCCO[C@H]1CC[C@H]([C@H]2CC[C@H](CC)CC2)CC1. The number of unbranched alkanes of at least 4 members (excludes halogenated alkanes) is 3. The van der Waals surface area contributed by atoms with E-state index in [1.807, 2.05) is 0 Å². The molecule has 2 fully saturated rings. The van der Waals surface area contributed by atoms with Gasteiger partial charge in [-0.25, -0.2) is 0 Å². The van der Waals surface area contributed by atoms with Crippen molar-refractivity contribution >= 4 is 0 Å². The summed E-state index contributed by atoms with van der Waals surface area (Å²) in [5, 5.41) is 0. The fraction of sp³-hybridized carbons (Fsp3) is 1.00. The van der Waals surface area contributed by atoms with Gasteiger partial charge >= 0.3 is 0 Å². The van der Waals surface area contributed by atoms with E-state index in [2.05, 4.69) is 13.8 Å². The first kappa shape index (κ1) is 17.3. The molecule has 0 aromatic carbocycles. The average Bonchev–Trinajstić information content (AvgIpc) is 2.55. The molecule has 0 bridgehead atoms. The minimum atomic E-state index is 0.592. The van der Waals surface area contributed by atoms with E-state index >= 15 is 0 Å². The largest absolute Gasteiger partial charge is 0.378 e. The van der Waals surface area contributed by atoms with Crippen molar-refractivity contribution in [1.29, 1.82) is 0 Å². The Bertz CT molecular complexity index is 247. The van der Waals surface area contributed by atoms with Gasteiger partial charge in [0.1, 0.15) is 0 Å². The maximum Gasteiger partial charge on any atom is 0.0575 e. The molecule has 2 aliphatic carbocycles. The molecule has 0 amide bonds. The second kappa shape index (κ2) is 9.87. The van der Waals surface area contributed by atoms with Gasteiger partial charge in [0.2, 0.25) is 0 Å². The summed E-state index contributed by atoms with van der Waals surface area (Å²) in [6.07, 6.45) is 19.0. The lowest BCUT2D eigenvalue weighted by molar-refractivity contribution is 0.00539. The van der Waals surface area contributed by atoms with Gasteiger partial charge < -0.3 is 4.74 Å². The van der Waals surface area contributed by atoms with Crippen LogP contribution in [0.4, 0.5) is 0 Å². The van der Waals surface area contributed by atoms with Gasteiger partial charge in [0.25, 0.3) is 0 Å². The third kappa shape index (κ3) is 5.93. The molecule has 0 unspecified atom stereocenters. The minimum absolute atomic E-state index is 0.592. The molecule has 0 atom stereocenters. The molecule has 21 heavy (non-hydrogen) atoms. The van der Waals surface area contributed by atoms with Crippen LogP contribution in [0.2, 0.25) is 0 Å². The van der Waals surface area contributed by atoms with Gasteiger partial charge in [-0.3, -0.25) is 0 Å². The third-order valence-electron chi connectivity index (χ3n) is 6.21. The molecule has 0 aromatic heterocycles. The molecule has 2 rings (SSSR count). The summed E-state index contributed by atoms with van der Waals surface area (Å²) in [7, 11) is 0. The van der Waals surface area contributed by atoms with Crippen LogP contribution in [0, 0.1) is 17.8 Å². The summed E-state index contributed by atoms with van der Waals surface area (Å²) in [6, 6.07) is 0. The van der Waals surface area contributed by atoms with Crippen LogP contribution < -0.4 is 0 Å². The van der Waals surface area contributed by atoms with Gasteiger partial charge in [-0.15, -0.1) is 0 Å². The average molecular weight is 295 g/mol. The molecule has 0 saturated heterocycles. The Labute approximate surface area is 133 Å². The molecule has 1 heteroatoms.